The lowest BCUT2D eigenvalue weighted by molar-refractivity contribution is -0.746. The molecule has 0 spiro atoms. The first-order chi connectivity index (χ1) is 38.5. The maximum atomic E-state index is 12.7. The highest BCUT2D eigenvalue weighted by molar-refractivity contribution is 9.10. The van der Waals surface area contributed by atoms with Crippen LogP contribution in [0.5, 0.6) is 0 Å². The van der Waals surface area contributed by atoms with E-state index in [2.05, 4.69) is 67.8 Å². The predicted molar refractivity (Wildman–Crippen MR) is 281 cm³/mol. The maximum Gasteiger partial charge on any atom is 0.382 e. The predicted octanol–water partition coefficient (Wildman–Crippen LogP) is 3.06. The Bertz CT molecular complexity index is 2740. The molecule has 0 bridgehead atoms. The molecule has 6 aromatic rings. The molecule has 4 heterocycles. The fraction of sp³-hybridized carbons (Fsp3) is 0.420. The van der Waals surface area contributed by atoms with Crippen molar-refractivity contribution in [2.24, 2.45) is 0 Å². The zero-order chi connectivity index (χ0) is 59.0. The van der Waals surface area contributed by atoms with E-state index in [0.717, 1.165) is 34.3 Å². The molecule has 0 radical (unpaired) electrons. The molecule has 0 saturated heterocycles. The number of halogens is 2. The van der Waals surface area contributed by atoms with E-state index in [0.29, 0.717) is 6.54 Å². The van der Waals surface area contributed by atoms with Crippen molar-refractivity contribution >= 4 is 79.3 Å². The number of esters is 7. The molecule has 6 rings (SSSR count). The number of rotatable bonds is 24. The summed E-state index contributed by atoms with van der Waals surface area (Å²) in [5.74, 6) is -5.89. The van der Waals surface area contributed by atoms with Gasteiger partial charge in [0.2, 0.25) is 6.04 Å². The topological polar surface area (TPSA) is 330 Å². The van der Waals surface area contributed by atoms with Crippen molar-refractivity contribution in [1.82, 2.24) is 54.9 Å². The molecule has 28 nitrogen and oxygen atoms in total. The van der Waals surface area contributed by atoms with Crippen molar-refractivity contribution in [2.75, 3.05) is 52.9 Å². The van der Waals surface area contributed by atoms with Crippen LogP contribution < -0.4 is 9.79 Å². The molecule has 4 aromatic heterocycles. The fourth-order valence-corrected chi connectivity index (χ4v) is 6.97. The maximum absolute atomic E-state index is 12.7. The van der Waals surface area contributed by atoms with Crippen LogP contribution in [-0.4, -0.2) is 150 Å². The highest BCUT2D eigenvalue weighted by Crippen LogP contribution is 2.26. The molecule has 30 heteroatoms. The van der Waals surface area contributed by atoms with Crippen molar-refractivity contribution in [3.63, 3.8) is 0 Å². The van der Waals surface area contributed by atoms with Crippen LogP contribution in [0.4, 0.5) is 0 Å². The van der Waals surface area contributed by atoms with Crippen molar-refractivity contribution in [3.8, 4) is 0 Å². The number of ether oxygens (including phenoxy) is 8. The number of hydrogen-bond donors (Lipinski definition) is 0. The number of aromatic nitrogens is 12. The second kappa shape index (κ2) is 35.2. The second-order valence-electron chi connectivity index (χ2n) is 15.2. The summed E-state index contributed by atoms with van der Waals surface area (Å²) in [6, 6.07) is 12.6. The Hall–Kier alpha value is -8.41. The van der Waals surface area contributed by atoms with E-state index in [-0.39, 0.29) is 65.0 Å². The van der Waals surface area contributed by atoms with Crippen molar-refractivity contribution < 1.29 is 81.2 Å². The van der Waals surface area contributed by atoms with Gasteiger partial charge >= 0.3 is 41.8 Å². The minimum atomic E-state index is -1.80. The van der Waals surface area contributed by atoms with Crippen LogP contribution in [0.3, 0.4) is 0 Å². The van der Waals surface area contributed by atoms with E-state index >= 15 is 0 Å². The number of nitrogens with zero attached hydrogens (tertiary/aromatic N) is 12. The lowest BCUT2D eigenvalue weighted by Crippen LogP contribution is -2.54. The number of carbonyl (C=O) groups excluding carboxylic acids is 7. The van der Waals surface area contributed by atoms with E-state index < -0.39 is 65.4 Å². The Kier molecular flexibility index (Phi) is 29.0. The van der Waals surface area contributed by atoms with Crippen molar-refractivity contribution in [3.05, 3.63) is 124 Å². The quantitative estimate of drug-likeness (QED) is 0.0210. The third kappa shape index (κ3) is 19.8. The van der Waals surface area contributed by atoms with Gasteiger partial charge in [-0.1, -0.05) is 72.9 Å². The molecule has 2 aromatic carbocycles. The highest BCUT2D eigenvalue weighted by atomic mass is 79.9. The smallest absolute Gasteiger partial charge is 0.382 e. The van der Waals surface area contributed by atoms with Crippen LogP contribution in [0.15, 0.2) is 113 Å². The molecule has 0 N–H and O–H groups in total. The molecule has 0 saturated carbocycles. The minimum Gasteiger partial charge on any atom is -0.610 e. The molecule has 80 heavy (non-hydrogen) atoms. The summed E-state index contributed by atoms with van der Waals surface area (Å²) in [5.41, 5.74) is -0.296. The summed E-state index contributed by atoms with van der Waals surface area (Å²) >= 11 is 6.74. The lowest BCUT2D eigenvalue weighted by Gasteiger charge is -2.28. The Morgan fingerprint density at radius 1 is 0.550 bits per heavy atom. The molecular weight excluding hydrogens is 1180 g/mol. The van der Waals surface area contributed by atoms with E-state index in [4.69, 9.17) is 37.9 Å². The SMILES string of the molecule is CCOC(=O)C(=C([O-])OCC)n1cc[n+](Cc2ccc(Br)cc2)n1.CCOC(=O)C(C(=O)OCC)n1ccnn1.CCOC(=O)C(C(=O)OCC)n1nccn1.CCOC(=O)C(Cc1ccc(Br)cc1)(C(=O)OCC)n1nccn1. The molecule has 432 valence electrons. The van der Waals surface area contributed by atoms with E-state index in [9.17, 15) is 38.7 Å². The van der Waals surface area contributed by atoms with Gasteiger partial charge in [-0.25, -0.2) is 38.2 Å². The first-order valence-electron chi connectivity index (χ1n) is 24.7. The Morgan fingerprint density at radius 2 is 0.988 bits per heavy atom. The fourth-order valence-electron chi connectivity index (χ4n) is 6.44. The highest BCUT2D eigenvalue weighted by Gasteiger charge is 2.53. The molecule has 0 aliphatic rings. The summed E-state index contributed by atoms with van der Waals surface area (Å²) < 4.78 is 44.9. The van der Waals surface area contributed by atoms with Gasteiger partial charge in [0, 0.05) is 21.6 Å². The van der Waals surface area contributed by atoms with E-state index in [1.807, 2.05) is 36.4 Å². The van der Waals surface area contributed by atoms with Crippen LogP contribution in [0.2, 0.25) is 0 Å². The van der Waals surface area contributed by atoms with Crippen LogP contribution >= 0.6 is 31.9 Å². The average Bonchev–Trinajstić information content (AvgIpc) is 4.31. The first kappa shape index (κ1) is 65.9. The third-order valence-electron chi connectivity index (χ3n) is 9.79. The summed E-state index contributed by atoms with van der Waals surface area (Å²) in [6.07, 6.45) is 11.5. The Balaban J connectivity index is 0.000000286. The van der Waals surface area contributed by atoms with Gasteiger partial charge in [-0.2, -0.15) is 30.0 Å². The monoisotopic (exact) mass is 1240 g/mol. The molecule has 0 amide bonds. The van der Waals surface area contributed by atoms with Gasteiger partial charge in [0.1, 0.15) is 12.5 Å². The molecule has 0 aliphatic heterocycles. The van der Waals surface area contributed by atoms with Crippen LogP contribution in [0.25, 0.3) is 5.70 Å². The van der Waals surface area contributed by atoms with E-state index in [1.54, 1.807) is 78.4 Å². The van der Waals surface area contributed by atoms with E-state index in [1.165, 1.54) is 48.1 Å². The van der Waals surface area contributed by atoms with Gasteiger partial charge in [-0.05, 0) is 90.5 Å². The average molecular weight is 1250 g/mol. The zero-order valence-electron chi connectivity index (χ0n) is 45.1. The van der Waals surface area contributed by atoms with Gasteiger partial charge in [0.25, 0.3) is 17.3 Å². The molecule has 0 unspecified atom stereocenters. The summed E-state index contributed by atoms with van der Waals surface area (Å²) in [6.45, 7) is 15.1. The third-order valence-corrected chi connectivity index (χ3v) is 10.8. The van der Waals surface area contributed by atoms with Gasteiger partial charge in [0.15, 0.2) is 12.4 Å². The molecule has 0 fully saturated rings. The second-order valence-corrected chi connectivity index (χ2v) is 17.0. The Morgan fingerprint density at radius 3 is 1.43 bits per heavy atom. The number of carbonyl (C=O) groups is 7. The number of hydrogen-bond acceptors (Lipinski definition) is 23. The van der Waals surface area contributed by atoms with Gasteiger partial charge in [0.05, 0.1) is 82.4 Å². The van der Waals surface area contributed by atoms with Crippen molar-refractivity contribution in [2.45, 2.75) is 86.0 Å². The summed E-state index contributed by atoms with van der Waals surface area (Å²) in [7, 11) is 0. The van der Waals surface area contributed by atoms with Crippen LogP contribution in [-0.2, 0) is 90.0 Å². The zero-order valence-corrected chi connectivity index (χ0v) is 48.3. The van der Waals surface area contributed by atoms with Crippen LogP contribution in [0, 0.1) is 0 Å². The largest absolute Gasteiger partial charge is 0.610 e. The van der Waals surface area contributed by atoms with Crippen LogP contribution in [0.1, 0.15) is 78.6 Å². The first-order valence-corrected chi connectivity index (χ1v) is 26.3. The lowest BCUT2D eigenvalue weighted by atomic mass is 9.91. The van der Waals surface area contributed by atoms with Gasteiger partial charge in [-0.15, -0.1) is 9.78 Å². The number of benzene rings is 2. The van der Waals surface area contributed by atoms with Crippen molar-refractivity contribution in [1.29, 1.82) is 0 Å². The molecule has 0 aliphatic carbocycles. The van der Waals surface area contributed by atoms with Gasteiger partial charge in [-0.3, -0.25) is 0 Å². The standard InChI is InChI=1S/2C16H18BrN3O4.2C9H13N3O4/c1-3-23-14(21)16(15(22)24-4-2,20-18-9-10-19-20)11-12-5-7-13(17)8-6-12;1-3-23-15(21)14(16(22)24-4-2)20-10-9-19(18-20)11-12-5-7-13(17)8-6-12;1-3-15-8(13)7(9(14)16-4-2)12-6-5-10-11-12;1-3-15-8(13)7(9(14)16-4-2)12-10-5-6-11-12/h2*5-10H,3-4,11H2,1-2H3;2*5-7H,3-4H2,1-2H3. The Labute approximate surface area is 476 Å². The summed E-state index contributed by atoms with van der Waals surface area (Å²) in [5, 5.41) is 38.8. The normalized spacial score (nSPS) is 10.9. The van der Waals surface area contributed by atoms with Gasteiger partial charge < -0.3 is 43.0 Å². The summed E-state index contributed by atoms with van der Waals surface area (Å²) in [4.78, 5) is 85.7. The molecule has 0 atom stereocenters. The molecular formula is C50H62Br2N12O16. The minimum absolute atomic E-state index is 0.0205.